The first-order chi connectivity index (χ1) is 5.81. The van der Waals surface area contributed by atoms with E-state index in [9.17, 15) is 0 Å². The zero-order valence-electron chi connectivity index (χ0n) is 6.54. The minimum Gasteiger partial charge on any atom is -0.397 e. The van der Waals surface area contributed by atoms with Crippen LogP contribution in [0.1, 0.15) is 5.56 Å². The highest BCUT2D eigenvalue weighted by molar-refractivity contribution is 5.82. The van der Waals surface area contributed by atoms with Gasteiger partial charge in [-0.2, -0.15) is 0 Å². The number of nitrogens with one attached hydrogen (secondary N) is 1. The van der Waals surface area contributed by atoms with Crippen molar-refractivity contribution in [3.05, 3.63) is 24.0 Å². The van der Waals surface area contributed by atoms with Crippen molar-refractivity contribution in [2.75, 3.05) is 5.73 Å². The third kappa shape index (κ3) is 0.931. The smallest absolute Gasteiger partial charge is 0.137 e. The van der Waals surface area contributed by atoms with Gasteiger partial charge in [0.05, 0.1) is 11.9 Å². The second-order valence-electron chi connectivity index (χ2n) is 2.68. The number of fused-ring (bicyclic) bond motifs is 1. The number of H-pyrrole nitrogens is 1. The van der Waals surface area contributed by atoms with E-state index in [0.29, 0.717) is 12.2 Å². The first-order valence-corrected chi connectivity index (χ1v) is 3.73. The number of aromatic amines is 1. The lowest BCUT2D eigenvalue weighted by Gasteiger charge is -1.94. The molecule has 12 heavy (non-hydrogen) atoms. The number of nitrogen functional groups attached to an aromatic ring is 1. The lowest BCUT2D eigenvalue weighted by Crippen LogP contribution is -1.94. The van der Waals surface area contributed by atoms with Gasteiger partial charge in [0.25, 0.3) is 0 Å². The Morgan fingerprint density at radius 2 is 2.33 bits per heavy atom. The molecule has 0 saturated heterocycles. The number of rotatable bonds is 1. The average molecular weight is 162 g/mol. The topological polar surface area (TPSA) is 80.7 Å². The fourth-order valence-corrected chi connectivity index (χ4v) is 1.24. The predicted molar refractivity (Wildman–Crippen MR) is 48.4 cm³/mol. The van der Waals surface area contributed by atoms with Crippen molar-refractivity contribution in [1.29, 1.82) is 0 Å². The van der Waals surface area contributed by atoms with Gasteiger partial charge in [0.2, 0.25) is 0 Å². The van der Waals surface area contributed by atoms with Gasteiger partial charge in [0.15, 0.2) is 0 Å². The van der Waals surface area contributed by atoms with Crippen LogP contribution in [-0.4, -0.2) is 9.97 Å². The molecule has 0 radical (unpaired) electrons. The quantitative estimate of drug-likeness (QED) is 0.574. The zero-order chi connectivity index (χ0) is 8.55. The molecule has 0 aliphatic carbocycles. The van der Waals surface area contributed by atoms with Gasteiger partial charge in [0, 0.05) is 18.1 Å². The summed E-state index contributed by atoms with van der Waals surface area (Å²) in [4.78, 5) is 7.13. The molecule has 5 N–H and O–H groups in total. The number of anilines is 1. The van der Waals surface area contributed by atoms with Gasteiger partial charge in [-0.1, -0.05) is 0 Å². The summed E-state index contributed by atoms with van der Waals surface area (Å²) in [5.41, 5.74) is 13.7. The SMILES string of the molecule is NCc1c[nH]c2ncc(N)cc12. The number of nitrogens with two attached hydrogens (primary N) is 2. The van der Waals surface area contributed by atoms with Gasteiger partial charge in [-0.15, -0.1) is 0 Å². The number of hydrogen-bond acceptors (Lipinski definition) is 3. The Bertz CT molecular complexity index is 404. The Morgan fingerprint density at radius 1 is 1.50 bits per heavy atom. The molecule has 0 saturated carbocycles. The van der Waals surface area contributed by atoms with E-state index in [2.05, 4.69) is 9.97 Å². The van der Waals surface area contributed by atoms with Gasteiger partial charge in [-0.3, -0.25) is 0 Å². The molecule has 0 aromatic carbocycles. The van der Waals surface area contributed by atoms with E-state index in [0.717, 1.165) is 16.6 Å². The molecule has 0 bridgehead atoms. The molecular weight excluding hydrogens is 152 g/mol. The number of aromatic nitrogens is 2. The second kappa shape index (κ2) is 2.49. The summed E-state index contributed by atoms with van der Waals surface area (Å²) in [6.45, 7) is 0.505. The van der Waals surface area contributed by atoms with Crippen molar-refractivity contribution in [3.63, 3.8) is 0 Å². The van der Waals surface area contributed by atoms with Crippen LogP contribution in [0.2, 0.25) is 0 Å². The lowest BCUT2D eigenvalue weighted by molar-refractivity contribution is 1.08. The van der Waals surface area contributed by atoms with Crippen LogP contribution in [0.3, 0.4) is 0 Å². The fourth-order valence-electron chi connectivity index (χ4n) is 1.24. The highest BCUT2D eigenvalue weighted by Gasteiger charge is 2.02. The molecule has 2 aromatic heterocycles. The van der Waals surface area contributed by atoms with E-state index >= 15 is 0 Å². The predicted octanol–water partition coefficient (Wildman–Crippen LogP) is 0.604. The lowest BCUT2D eigenvalue weighted by atomic mass is 10.2. The molecule has 4 heteroatoms. The third-order valence-corrected chi connectivity index (χ3v) is 1.86. The minimum absolute atomic E-state index is 0.505. The molecule has 0 fully saturated rings. The maximum absolute atomic E-state index is 5.59. The number of nitrogens with zero attached hydrogens (tertiary/aromatic N) is 1. The molecule has 0 spiro atoms. The molecule has 2 rings (SSSR count). The summed E-state index contributed by atoms with van der Waals surface area (Å²) in [6, 6.07) is 1.88. The summed E-state index contributed by atoms with van der Waals surface area (Å²) < 4.78 is 0. The van der Waals surface area contributed by atoms with Crippen molar-refractivity contribution in [2.45, 2.75) is 6.54 Å². The maximum atomic E-state index is 5.59. The van der Waals surface area contributed by atoms with Crippen LogP contribution < -0.4 is 11.5 Å². The van der Waals surface area contributed by atoms with Crippen molar-refractivity contribution in [2.24, 2.45) is 5.73 Å². The van der Waals surface area contributed by atoms with E-state index in [1.54, 1.807) is 6.20 Å². The number of hydrogen-bond donors (Lipinski definition) is 3. The van der Waals surface area contributed by atoms with Crippen molar-refractivity contribution < 1.29 is 0 Å². The Hall–Kier alpha value is -1.55. The monoisotopic (exact) mass is 162 g/mol. The van der Waals surface area contributed by atoms with Crippen LogP contribution in [0.25, 0.3) is 11.0 Å². The standard InChI is InChI=1S/C8H10N4/c9-2-5-3-11-8-7(5)1-6(10)4-12-8/h1,3-4H,2,9-10H2,(H,11,12). The normalized spacial score (nSPS) is 10.8. The summed E-state index contributed by atoms with van der Waals surface area (Å²) in [5, 5.41) is 1.01. The molecule has 0 unspecified atom stereocenters. The average Bonchev–Trinajstić information content (AvgIpc) is 2.46. The highest BCUT2D eigenvalue weighted by atomic mass is 14.9. The molecule has 0 atom stereocenters. The Kier molecular flexibility index (Phi) is 1.48. The van der Waals surface area contributed by atoms with E-state index in [-0.39, 0.29) is 0 Å². The van der Waals surface area contributed by atoms with Crippen molar-refractivity contribution >= 4 is 16.7 Å². The molecule has 4 nitrogen and oxygen atoms in total. The summed E-state index contributed by atoms with van der Waals surface area (Å²) in [7, 11) is 0. The molecule has 0 amide bonds. The summed E-state index contributed by atoms with van der Waals surface area (Å²) in [6.07, 6.45) is 3.48. The van der Waals surface area contributed by atoms with Crippen LogP contribution in [0.5, 0.6) is 0 Å². The molecule has 0 aliphatic rings. The van der Waals surface area contributed by atoms with Gasteiger partial charge in [-0.25, -0.2) is 4.98 Å². The Morgan fingerprint density at radius 3 is 3.08 bits per heavy atom. The molecule has 2 aromatic rings. The molecule has 62 valence electrons. The number of pyridine rings is 1. The minimum atomic E-state index is 0.505. The van der Waals surface area contributed by atoms with Gasteiger partial charge >= 0.3 is 0 Å². The van der Waals surface area contributed by atoms with Crippen LogP contribution in [-0.2, 0) is 6.54 Å². The fraction of sp³-hybridized carbons (Fsp3) is 0.125. The molecule has 2 heterocycles. The van der Waals surface area contributed by atoms with Gasteiger partial charge in [-0.05, 0) is 11.6 Å². The van der Waals surface area contributed by atoms with Gasteiger partial charge in [0.1, 0.15) is 5.65 Å². The molecular formula is C8H10N4. The first kappa shape index (κ1) is 7.12. The first-order valence-electron chi connectivity index (χ1n) is 3.73. The molecule has 0 aliphatic heterocycles. The van der Waals surface area contributed by atoms with E-state index in [1.165, 1.54) is 0 Å². The van der Waals surface area contributed by atoms with Crippen LogP contribution in [0.15, 0.2) is 18.5 Å². The zero-order valence-corrected chi connectivity index (χ0v) is 6.54. The highest BCUT2D eigenvalue weighted by Crippen LogP contribution is 2.17. The van der Waals surface area contributed by atoms with Crippen LogP contribution in [0, 0.1) is 0 Å². The van der Waals surface area contributed by atoms with Crippen molar-refractivity contribution in [3.8, 4) is 0 Å². The summed E-state index contributed by atoms with van der Waals surface area (Å²) >= 11 is 0. The third-order valence-electron chi connectivity index (χ3n) is 1.86. The van der Waals surface area contributed by atoms with Crippen molar-refractivity contribution in [1.82, 2.24) is 9.97 Å². The summed E-state index contributed by atoms with van der Waals surface area (Å²) in [5.74, 6) is 0. The van der Waals surface area contributed by atoms with Gasteiger partial charge < -0.3 is 16.5 Å². The van der Waals surface area contributed by atoms with E-state index in [1.807, 2.05) is 12.3 Å². The maximum Gasteiger partial charge on any atom is 0.137 e. The Balaban J connectivity index is 2.75. The van der Waals surface area contributed by atoms with E-state index < -0.39 is 0 Å². The van der Waals surface area contributed by atoms with E-state index in [4.69, 9.17) is 11.5 Å². The van der Waals surface area contributed by atoms with Crippen LogP contribution >= 0.6 is 0 Å². The largest absolute Gasteiger partial charge is 0.397 e. The second-order valence-corrected chi connectivity index (χ2v) is 2.68. The van der Waals surface area contributed by atoms with Crippen LogP contribution in [0.4, 0.5) is 5.69 Å². The Labute approximate surface area is 69.6 Å².